The zero-order chi connectivity index (χ0) is 10.1. The van der Waals surface area contributed by atoms with Crippen LogP contribution in [0.4, 0.5) is 0 Å². The van der Waals surface area contributed by atoms with Crippen LogP contribution in [0.15, 0.2) is 0 Å². The van der Waals surface area contributed by atoms with Crippen molar-refractivity contribution in [3.05, 3.63) is 0 Å². The van der Waals surface area contributed by atoms with Gasteiger partial charge in [0.25, 0.3) is 0 Å². The minimum Gasteiger partial charge on any atom is -0.469 e. The maximum atomic E-state index is 11.5. The molecule has 2 bridgehead atoms. The van der Waals surface area contributed by atoms with Gasteiger partial charge in [0.15, 0.2) is 0 Å². The van der Waals surface area contributed by atoms with E-state index in [1.165, 1.54) is 32.8 Å². The topological polar surface area (TPSA) is 52.3 Å². The third-order valence-electron chi connectivity index (χ3n) is 4.07. The number of carbonyl (C=O) groups excluding carboxylic acids is 1. The van der Waals surface area contributed by atoms with Gasteiger partial charge in [-0.25, -0.2) is 0 Å². The van der Waals surface area contributed by atoms with Gasteiger partial charge in [0, 0.05) is 6.54 Å². The summed E-state index contributed by atoms with van der Waals surface area (Å²) in [5, 5.41) is 0. The van der Waals surface area contributed by atoms with Crippen molar-refractivity contribution < 1.29 is 9.53 Å². The molecule has 0 aromatic heterocycles. The van der Waals surface area contributed by atoms with Crippen molar-refractivity contribution in [2.45, 2.75) is 25.7 Å². The highest BCUT2D eigenvalue weighted by atomic mass is 16.5. The van der Waals surface area contributed by atoms with E-state index < -0.39 is 0 Å². The van der Waals surface area contributed by atoms with Gasteiger partial charge < -0.3 is 10.5 Å². The van der Waals surface area contributed by atoms with Gasteiger partial charge >= 0.3 is 5.97 Å². The van der Waals surface area contributed by atoms with Crippen LogP contribution < -0.4 is 5.73 Å². The monoisotopic (exact) mass is 197 g/mol. The lowest BCUT2D eigenvalue weighted by Crippen LogP contribution is -2.34. The van der Waals surface area contributed by atoms with E-state index in [0.717, 1.165) is 11.8 Å². The first-order valence-corrected chi connectivity index (χ1v) is 5.54. The van der Waals surface area contributed by atoms with Crippen molar-refractivity contribution in [3.8, 4) is 0 Å². The third kappa shape index (κ3) is 1.54. The lowest BCUT2D eigenvalue weighted by atomic mass is 9.79. The fourth-order valence-corrected chi connectivity index (χ4v) is 3.38. The highest BCUT2D eigenvalue weighted by Gasteiger charge is 2.45. The van der Waals surface area contributed by atoms with Crippen molar-refractivity contribution in [3.63, 3.8) is 0 Å². The van der Waals surface area contributed by atoms with E-state index in [4.69, 9.17) is 10.5 Å². The lowest BCUT2D eigenvalue weighted by Gasteiger charge is -2.27. The maximum Gasteiger partial charge on any atom is 0.310 e. The normalized spacial score (nSPS) is 37.1. The van der Waals surface area contributed by atoms with E-state index in [2.05, 4.69) is 0 Å². The number of rotatable bonds is 3. The second-order valence-corrected chi connectivity index (χ2v) is 4.70. The Balaban J connectivity index is 2.02. The quantitative estimate of drug-likeness (QED) is 0.691. The van der Waals surface area contributed by atoms with E-state index in [1.807, 2.05) is 0 Å². The molecule has 0 heterocycles. The second-order valence-electron chi connectivity index (χ2n) is 4.70. The lowest BCUT2D eigenvalue weighted by molar-refractivity contribution is -0.147. The van der Waals surface area contributed by atoms with Crippen molar-refractivity contribution in [1.29, 1.82) is 0 Å². The predicted octanol–water partition coefficient (Wildman–Crippen LogP) is 1.17. The molecule has 4 unspecified atom stereocenters. The smallest absolute Gasteiger partial charge is 0.310 e. The highest BCUT2D eigenvalue weighted by molar-refractivity contribution is 5.73. The van der Waals surface area contributed by atoms with E-state index in [-0.39, 0.29) is 11.9 Å². The Bertz CT molecular complexity index is 229. The molecule has 0 radical (unpaired) electrons. The molecular formula is C11H19NO2. The number of nitrogens with two attached hydrogens (primary N) is 1. The van der Waals surface area contributed by atoms with Gasteiger partial charge in [0.05, 0.1) is 13.0 Å². The fourth-order valence-electron chi connectivity index (χ4n) is 3.38. The van der Waals surface area contributed by atoms with Gasteiger partial charge in [0.1, 0.15) is 0 Å². The summed E-state index contributed by atoms with van der Waals surface area (Å²) in [5.41, 5.74) is 5.66. The van der Waals surface area contributed by atoms with Crippen LogP contribution in [-0.2, 0) is 9.53 Å². The second kappa shape index (κ2) is 3.89. The van der Waals surface area contributed by atoms with Crippen molar-refractivity contribution >= 4 is 5.97 Å². The maximum absolute atomic E-state index is 11.5. The Morgan fingerprint density at radius 2 is 2.29 bits per heavy atom. The molecule has 14 heavy (non-hydrogen) atoms. The largest absolute Gasteiger partial charge is 0.469 e. The summed E-state index contributed by atoms with van der Waals surface area (Å²) in [6.45, 7) is 0.445. The summed E-state index contributed by atoms with van der Waals surface area (Å²) in [6.07, 6.45) is 5.17. The zero-order valence-electron chi connectivity index (χ0n) is 8.74. The van der Waals surface area contributed by atoms with Gasteiger partial charge in [-0.15, -0.1) is 0 Å². The molecule has 2 saturated carbocycles. The van der Waals surface area contributed by atoms with Crippen LogP contribution in [0.3, 0.4) is 0 Å². The summed E-state index contributed by atoms with van der Waals surface area (Å²) in [7, 11) is 1.46. The first kappa shape index (κ1) is 9.97. The van der Waals surface area contributed by atoms with E-state index in [1.54, 1.807) is 0 Å². The number of fused-ring (bicyclic) bond motifs is 2. The summed E-state index contributed by atoms with van der Waals surface area (Å²) in [6, 6.07) is 0. The van der Waals surface area contributed by atoms with Crippen molar-refractivity contribution in [1.82, 2.24) is 0 Å². The number of carbonyl (C=O) groups is 1. The van der Waals surface area contributed by atoms with E-state index >= 15 is 0 Å². The third-order valence-corrected chi connectivity index (χ3v) is 4.07. The van der Waals surface area contributed by atoms with Crippen LogP contribution in [0, 0.1) is 23.7 Å². The molecule has 4 atom stereocenters. The molecule has 0 aliphatic heterocycles. The number of ether oxygens (including phenoxy) is 1. The van der Waals surface area contributed by atoms with Crippen LogP contribution in [-0.4, -0.2) is 19.6 Å². The number of methoxy groups -OCH3 is 1. The first-order valence-electron chi connectivity index (χ1n) is 5.54. The van der Waals surface area contributed by atoms with Gasteiger partial charge in [-0.2, -0.15) is 0 Å². The van der Waals surface area contributed by atoms with Crippen molar-refractivity contribution in [2.24, 2.45) is 29.4 Å². The number of esters is 1. The summed E-state index contributed by atoms with van der Waals surface area (Å²) < 4.78 is 4.80. The van der Waals surface area contributed by atoms with Crippen LogP contribution in [0.1, 0.15) is 25.7 Å². The minimum absolute atomic E-state index is 0.0460. The summed E-state index contributed by atoms with van der Waals surface area (Å²) >= 11 is 0. The molecule has 2 fully saturated rings. The zero-order valence-corrected chi connectivity index (χ0v) is 8.74. The Hall–Kier alpha value is -0.570. The molecule has 0 saturated heterocycles. The molecule has 2 rings (SSSR count). The molecule has 80 valence electrons. The molecular weight excluding hydrogens is 178 g/mol. The average molecular weight is 197 g/mol. The van der Waals surface area contributed by atoms with E-state index in [9.17, 15) is 4.79 Å². The molecule has 0 amide bonds. The number of hydrogen-bond donors (Lipinski definition) is 1. The molecule has 3 nitrogen and oxygen atoms in total. The van der Waals surface area contributed by atoms with Gasteiger partial charge in [-0.1, -0.05) is 6.42 Å². The minimum atomic E-state index is -0.106. The van der Waals surface area contributed by atoms with Gasteiger partial charge in [-0.3, -0.25) is 4.79 Å². The first-order chi connectivity index (χ1) is 6.76. The molecule has 2 N–H and O–H groups in total. The summed E-state index contributed by atoms with van der Waals surface area (Å²) in [5.74, 6) is 1.96. The molecule has 2 aliphatic carbocycles. The fraction of sp³-hybridized carbons (Fsp3) is 0.909. The molecule has 0 aromatic carbocycles. The Labute approximate surface area is 85.0 Å². The highest BCUT2D eigenvalue weighted by Crippen LogP contribution is 2.51. The Morgan fingerprint density at radius 1 is 1.50 bits per heavy atom. The van der Waals surface area contributed by atoms with Crippen molar-refractivity contribution in [2.75, 3.05) is 13.7 Å². The summed E-state index contributed by atoms with van der Waals surface area (Å²) in [4.78, 5) is 11.5. The van der Waals surface area contributed by atoms with E-state index in [0.29, 0.717) is 12.5 Å². The predicted molar refractivity (Wildman–Crippen MR) is 53.5 cm³/mol. The van der Waals surface area contributed by atoms with Crippen LogP contribution >= 0.6 is 0 Å². The van der Waals surface area contributed by atoms with Crippen LogP contribution in [0.5, 0.6) is 0 Å². The average Bonchev–Trinajstić information content (AvgIpc) is 2.80. The Kier molecular flexibility index (Phi) is 2.77. The molecule has 0 aromatic rings. The van der Waals surface area contributed by atoms with Gasteiger partial charge in [0.2, 0.25) is 0 Å². The molecule has 3 heteroatoms. The SMILES string of the molecule is COC(=O)C(CN)C1CC2CCC1C2. The van der Waals surface area contributed by atoms with Crippen LogP contribution in [0.2, 0.25) is 0 Å². The standard InChI is InChI=1S/C11H19NO2/c1-14-11(13)10(6-12)9-5-7-2-3-8(9)4-7/h7-10H,2-6,12H2,1H3. The molecule has 0 spiro atoms. The number of hydrogen-bond acceptors (Lipinski definition) is 3. The Morgan fingerprint density at radius 3 is 2.71 bits per heavy atom. The van der Waals surface area contributed by atoms with Gasteiger partial charge in [-0.05, 0) is 37.0 Å². The van der Waals surface area contributed by atoms with Crippen LogP contribution in [0.25, 0.3) is 0 Å². The molecule has 2 aliphatic rings.